The summed E-state index contributed by atoms with van der Waals surface area (Å²) in [5.74, 6) is -0.742. The van der Waals surface area contributed by atoms with E-state index in [2.05, 4.69) is 15.0 Å². The molecular formula is C16H11N5O. The number of fused-ring (bicyclic) bond motifs is 1. The first-order valence-electron chi connectivity index (χ1n) is 6.48. The van der Waals surface area contributed by atoms with Gasteiger partial charge in [0.25, 0.3) is 5.91 Å². The zero-order valence-electron chi connectivity index (χ0n) is 11.4. The molecule has 3 aromatic rings. The Morgan fingerprint density at radius 2 is 2.14 bits per heavy atom. The lowest BCUT2D eigenvalue weighted by molar-refractivity contribution is -0.114. The first-order valence-corrected chi connectivity index (χ1v) is 6.48. The molecule has 106 valence electrons. The van der Waals surface area contributed by atoms with Crippen molar-refractivity contribution in [3.63, 3.8) is 0 Å². The second-order valence-electron chi connectivity index (χ2n) is 4.66. The molecule has 0 aliphatic carbocycles. The summed E-state index contributed by atoms with van der Waals surface area (Å²) in [6.45, 7) is 0. The van der Waals surface area contributed by atoms with Gasteiger partial charge in [0.1, 0.15) is 11.6 Å². The fourth-order valence-corrected chi connectivity index (χ4v) is 2.12. The minimum absolute atomic E-state index is 0.0840. The lowest BCUT2D eigenvalue weighted by Gasteiger charge is -2.03. The van der Waals surface area contributed by atoms with Crippen molar-refractivity contribution in [2.45, 2.75) is 0 Å². The van der Waals surface area contributed by atoms with E-state index in [0.29, 0.717) is 5.65 Å². The third-order valence-corrected chi connectivity index (χ3v) is 3.19. The van der Waals surface area contributed by atoms with Gasteiger partial charge in [-0.05, 0) is 29.3 Å². The number of H-pyrrole nitrogens is 1. The van der Waals surface area contributed by atoms with E-state index in [0.717, 1.165) is 22.2 Å². The number of carbonyl (C=O) groups is 1. The first-order chi connectivity index (χ1) is 10.7. The molecule has 0 saturated carbocycles. The molecule has 3 rings (SSSR count). The molecule has 0 fully saturated rings. The second-order valence-corrected chi connectivity index (χ2v) is 4.66. The van der Waals surface area contributed by atoms with Crippen LogP contribution in [0.5, 0.6) is 0 Å². The van der Waals surface area contributed by atoms with Gasteiger partial charge in [-0.2, -0.15) is 5.26 Å². The minimum atomic E-state index is -0.742. The molecule has 0 radical (unpaired) electrons. The average Bonchev–Trinajstić information content (AvgIpc) is 3.00. The van der Waals surface area contributed by atoms with Crippen LogP contribution in [-0.2, 0) is 4.79 Å². The predicted octanol–water partition coefficient (Wildman–Crippen LogP) is 2.02. The molecule has 2 heterocycles. The molecule has 0 saturated heterocycles. The number of aromatic nitrogens is 3. The lowest BCUT2D eigenvalue weighted by atomic mass is 10.0. The summed E-state index contributed by atoms with van der Waals surface area (Å²) in [6.07, 6.45) is 4.78. The van der Waals surface area contributed by atoms with Crippen molar-refractivity contribution in [2.75, 3.05) is 0 Å². The second kappa shape index (κ2) is 5.50. The molecule has 0 aliphatic heterocycles. The van der Waals surface area contributed by atoms with Crippen LogP contribution in [0.2, 0.25) is 0 Å². The van der Waals surface area contributed by atoms with Gasteiger partial charge in [-0.15, -0.1) is 0 Å². The normalized spacial score (nSPS) is 11.3. The van der Waals surface area contributed by atoms with Gasteiger partial charge in [0.2, 0.25) is 0 Å². The third kappa shape index (κ3) is 2.55. The summed E-state index contributed by atoms with van der Waals surface area (Å²) in [4.78, 5) is 22.5. The quantitative estimate of drug-likeness (QED) is 0.567. The largest absolute Gasteiger partial charge is 0.365 e. The number of hydrogen-bond acceptors (Lipinski definition) is 4. The Hall–Kier alpha value is -3.46. The number of hydrogen-bond donors (Lipinski definition) is 2. The highest BCUT2D eigenvalue weighted by molar-refractivity contribution is 6.00. The van der Waals surface area contributed by atoms with Gasteiger partial charge in [0.15, 0.2) is 5.65 Å². The molecule has 1 aromatic carbocycles. The highest BCUT2D eigenvalue weighted by Gasteiger charge is 2.06. The summed E-state index contributed by atoms with van der Waals surface area (Å²) in [5, 5.41) is 8.90. The third-order valence-electron chi connectivity index (χ3n) is 3.19. The standard InChI is InChI=1S/C16H11N5O/c17-7-12(15(18)22)5-10-2-1-3-11(4-10)13-6-14-16(19-8-13)21-9-20-14/h1-6,8-9H,(H2,18,22)(H,19,20,21)/b12-5+. The van der Waals surface area contributed by atoms with E-state index >= 15 is 0 Å². The van der Waals surface area contributed by atoms with Gasteiger partial charge in [-0.1, -0.05) is 18.2 Å². The van der Waals surface area contributed by atoms with Crippen LogP contribution in [0.3, 0.4) is 0 Å². The number of nitrogens with one attached hydrogen (secondary N) is 1. The van der Waals surface area contributed by atoms with Crippen molar-refractivity contribution in [2.24, 2.45) is 5.73 Å². The molecule has 0 aliphatic rings. The number of aromatic amines is 1. The van der Waals surface area contributed by atoms with Gasteiger partial charge < -0.3 is 10.7 Å². The van der Waals surface area contributed by atoms with Crippen LogP contribution in [0.15, 0.2) is 48.4 Å². The van der Waals surface area contributed by atoms with Crippen molar-refractivity contribution in [1.82, 2.24) is 15.0 Å². The molecule has 22 heavy (non-hydrogen) atoms. The Morgan fingerprint density at radius 3 is 2.91 bits per heavy atom. The van der Waals surface area contributed by atoms with Gasteiger partial charge >= 0.3 is 0 Å². The number of primary amides is 1. The van der Waals surface area contributed by atoms with Crippen LogP contribution >= 0.6 is 0 Å². The fraction of sp³-hybridized carbons (Fsp3) is 0. The van der Waals surface area contributed by atoms with Crippen LogP contribution in [0.4, 0.5) is 0 Å². The van der Waals surface area contributed by atoms with Crippen molar-refractivity contribution >= 4 is 23.1 Å². The SMILES string of the molecule is N#C/C(=C\c1cccc(-c2cnc3nc[nH]c3c2)c1)C(N)=O. The molecule has 0 unspecified atom stereocenters. The van der Waals surface area contributed by atoms with Crippen LogP contribution in [0, 0.1) is 11.3 Å². The van der Waals surface area contributed by atoms with Crippen LogP contribution in [0.1, 0.15) is 5.56 Å². The molecule has 0 atom stereocenters. The number of nitrogens with two attached hydrogens (primary N) is 1. The Morgan fingerprint density at radius 1 is 1.27 bits per heavy atom. The van der Waals surface area contributed by atoms with E-state index < -0.39 is 5.91 Å². The van der Waals surface area contributed by atoms with Gasteiger partial charge in [0.05, 0.1) is 11.8 Å². The fourth-order valence-electron chi connectivity index (χ4n) is 2.12. The molecule has 6 heteroatoms. The smallest absolute Gasteiger partial charge is 0.259 e. The number of nitriles is 1. The molecular weight excluding hydrogens is 278 g/mol. The zero-order chi connectivity index (χ0) is 15.5. The number of amides is 1. The van der Waals surface area contributed by atoms with Crippen molar-refractivity contribution in [3.05, 3.63) is 54.0 Å². The Kier molecular flexibility index (Phi) is 3.38. The zero-order valence-corrected chi connectivity index (χ0v) is 11.4. The predicted molar refractivity (Wildman–Crippen MR) is 82.1 cm³/mol. The van der Waals surface area contributed by atoms with Gasteiger partial charge in [-0.25, -0.2) is 9.97 Å². The minimum Gasteiger partial charge on any atom is -0.365 e. The Bertz CT molecular complexity index is 933. The molecule has 0 spiro atoms. The summed E-state index contributed by atoms with van der Waals surface area (Å²) < 4.78 is 0. The maximum atomic E-state index is 11.1. The van der Waals surface area contributed by atoms with Crippen LogP contribution in [-0.4, -0.2) is 20.9 Å². The Labute approximate surface area is 125 Å². The average molecular weight is 289 g/mol. The van der Waals surface area contributed by atoms with E-state index in [1.807, 2.05) is 24.3 Å². The summed E-state index contributed by atoms with van der Waals surface area (Å²) >= 11 is 0. The first kappa shape index (κ1) is 13.5. The summed E-state index contributed by atoms with van der Waals surface area (Å²) in [5.41, 5.74) is 9.10. The van der Waals surface area contributed by atoms with Crippen LogP contribution in [0.25, 0.3) is 28.4 Å². The number of nitrogens with zero attached hydrogens (tertiary/aromatic N) is 3. The molecule has 1 amide bonds. The van der Waals surface area contributed by atoms with Crippen molar-refractivity contribution < 1.29 is 4.79 Å². The van der Waals surface area contributed by atoms with Crippen LogP contribution < -0.4 is 5.73 Å². The van der Waals surface area contributed by atoms with E-state index in [1.165, 1.54) is 6.08 Å². The monoisotopic (exact) mass is 289 g/mol. The summed E-state index contributed by atoms with van der Waals surface area (Å²) in [6, 6.07) is 11.2. The number of pyridine rings is 1. The van der Waals surface area contributed by atoms with Gasteiger partial charge in [-0.3, -0.25) is 4.79 Å². The van der Waals surface area contributed by atoms with E-state index in [-0.39, 0.29) is 5.57 Å². The lowest BCUT2D eigenvalue weighted by Crippen LogP contribution is -2.12. The van der Waals surface area contributed by atoms with Gasteiger partial charge in [0, 0.05) is 11.8 Å². The van der Waals surface area contributed by atoms with E-state index in [1.54, 1.807) is 24.7 Å². The highest BCUT2D eigenvalue weighted by atomic mass is 16.1. The van der Waals surface area contributed by atoms with Crippen molar-refractivity contribution in [3.8, 4) is 17.2 Å². The van der Waals surface area contributed by atoms with E-state index in [9.17, 15) is 4.79 Å². The highest BCUT2D eigenvalue weighted by Crippen LogP contribution is 2.23. The number of imidazole rings is 1. The topological polar surface area (TPSA) is 108 Å². The summed E-state index contributed by atoms with van der Waals surface area (Å²) in [7, 11) is 0. The number of rotatable bonds is 3. The molecule has 3 N–H and O–H groups in total. The maximum absolute atomic E-state index is 11.1. The number of carbonyl (C=O) groups excluding carboxylic acids is 1. The van der Waals surface area contributed by atoms with Crippen molar-refractivity contribution in [1.29, 1.82) is 5.26 Å². The molecule has 6 nitrogen and oxygen atoms in total. The number of benzene rings is 1. The van der Waals surface area contributed by atoms with E-state index in [4.69, 9.17) is 11.0 Å². The molecule has 0 bridgehead atoms. The Balaban J connectivity index is 2.04. The maximum Gasteiger partial charge on any atom is 0.259 e. The molecule has 2 aromatic heterocycles.